The lowest BCUT2D eigenvalue weighted by molar-refractivity contribution is 0.101. The zero-order chi connectivity index (χ0) is 10.8. The summed E-state index contributed by atoms with van der Waals surface area (Å²) < 4.78 is 0. The number of carbonyl (C=O) groups is 2. The van der Waals surface area contributed by atoms with E-state index in [2.05, 4.69) is 0 Å². The van der Waals surface area contributed by atoms with E-state index in [-0.39, 0.29) is 5.78 Å². The smallest absolute Gasteiger partial charge is 0.160 e. The van der Waals surface area contributed by atoms with Crippen molar-refractivity contribution in [3.63, 3.8) is 0 Å². The first-order chi connectivity index (χ1) is 7.24. The van der Waals surface area contributed by atoms with Gasteiger partial charge in [-0.25, -0.2) is 0 Å². The topological polar surface area (TPSA) is 34.1 Å². The minimum Gasteiger partial charge on any atom is -0.298 e. The van der Waals surface area contributed by atoms with E-state index in [0.29, 0.717) is 11.1 Å². The van der Waals surface area contributed by atoms with Crippen molar-refractivity contribution in [2.24, 2.45) is 0 Å². The maximum Gasteiger partial charge on any atom is 0.160 e. The second-order valence-electron chi connectivity index (χ2n) is 3.42. The maximum atomic E-state index is 11.4. The van der Waals surface area contributed by atoms with Crippen LogP contribution in [0, 0.1) is 0 Å². The van der Waals surface area contributed by atoms with Crippen LogP contribution < -0.4 is 0 Å². The maximum absolute atomic E-state index is 11.4. The lowest BCUT2D eigenvalue weighted by atomic mass is 9.98. The molecule has 0 saturated carbocycles. The van der Waals surface area contributed by atoms with Gasteiger partial charge in [0.1, 0.15) is 0 Å². The van der Waals surface area contributed by atoms with Crippen molar-refractivity contribution >= 4 is 22.8 Å². The molecule has 0 aliphatic carbocycles. The quantitative estimate of drug-likeness (QED) is 0.549. The van der Waals surface area contributed by atoms with Crippen LogP contribution in [-0.4, -0.2) is 12.1 Å². The molecular formula is C13H10O2. The zero-order valence-corrected chi connectivity index (χ0v) is 8.36. The predicted molar refractivity (Wildman–Crippen MR) is 59.3 cm³/mol. The molecule has 2 rings (SSSR count). The monoisotopic (exact) mass is 198 g/mol. The Labute approximate surface area is 87.5 Å². The van der Waals surface area contributed by atoms with Crippen molar-refractivity contribution in [2.45, 2.75) is 6.92 Å². The van der Waals surface area contributed by atoms with E-state index in [1.54, 1.807) is 12.1 Å². The molecule has 0 atom stereocenters. The summed E-state index contributed by atoms with van der Waals surface area (Å²) in [5, 5.41) is 1.68. The predicted octanol–water partition coefficient (Wildman–Crippen LogP) is 2.85. The Hall–Kier alpha value is -1.96. The number of carbonyl (C=O) groups excluding carboxylic acids is 2. The highest BCUT2D eigenvalue weighted by atomic mass is 16.1. The molecule has 0 N–H and O–H groups in total. The van der Waals surface area contributed by atoms with Crippen LogP contribution in [0.1, 0.15) is 27.6 Å². The van der Waals surface area contributed by atoms with Crippen LogP contribution in [-0.2, 0) is 0 Å². The normalized spacial score (nSPS) is 10.2. The van der Waals surface area contributed by atoms with Gasteiger partial charge in [0.25, 0.3) is 0 Å². The van der Waals surface area contributed by atoms with Crippen LogP contribution in [0.15, 0.2) is 36.4 Å². The summed E-state index contributed by atoms with van der Waals surface area (Å²) in [6.45, 7) is 1.51. The Morgan fingerprint density at radius 3 is 2.40 bits per heavy atom. The zero-order valence-electron chi connectivity index (χ0n) is 8.36. The minimum absolute atomic E-state index is 0.0186. The SMILES string of the molecule is CC(=O)c1cccc2cccc(C=O)c12. The van der Waals surface area contributed by atoms with Crippen LogP contribution in [0.3, 0.4) is 0 Å². The Balaban J connectivity index is 2.93. The van der Waals surface area contributed by atoms with Crippen LogP contribution in [0.25, 0.3) is 10.8 Å². The molecule has 0 saturated heterocycles. The average Bonchev–Trinajstić information content (AvgIpc) is 2.27. The lowest BCUT2D eigenvalue weighted by Crippen LogP contribution is -1.96. The van der Waals surface area contributed by atoms with Gasteiger partial charge in [0.15, 0.2) is 12.1 Å². The molecule has 0 amide bonds. The summed E-state index contributed by atoms with van der Waals surface area (Å²) in [4.78, 5) is 22.3. The fourth-order valence-corrected chi connectivity index (χ4v) is 1.76. The molecular weight excluding hydrogens is 188 g/mol. The van der Waals surface area contributed by atoms with Gasteiger partial charge in [-0.05, 0) is 12.3 Å². The van der Waals surface area contributed by atoms with E-state index in [4.69, 9.17) is 0 Å². The first-order valence-electron chi connectivity index (χ1n) is 4.72. The van der Waals surface area contributed by atoms with Crippen LogP contribution >= 0.6 is 0 Å². The molecule has 2 aromatic carbocycles. The molecule has 0 aliphatic heterocycles. The first kappa shape index (κ1) is 9.59. The number of hydrogen-bond acceptors (Lipinski definition) is 2. The van der Waals surface area contributed by atoms with E-state index in [1.807, 2.05) is 24.3 Å². The lowest BCUT2D eigenvalue weighted by Gasteiger charge is -2.05. The highest BCUT2D eigenvalue weighted by molar-refractivity contribution is 6.12. The molecule has 0 aromatic heterocycles. The number of rotatable bonds is 2. The molecule has 0 fully saturated rings. The Morgan fingerprint density at radius 1 is 1.13 bits per heavy atom. The molecule has 0 spiro atoms. The largest absolute Gasteiger partial charge is 0.298 e. The molecule has 15 heavy (non-hydrogen) atoms. The number of Topliss-reactive ketones (excluding diaryl/α,β-unsaturated/α-hetero) is 1. The molecule has 0 heterocycles. The van der Waals surface area contributed by atoms with Gasteiger partial charge in [0, 0.05) is 16.5 Å². The van der Waals surface area contributed by atoms with Crippen molar-refractivity contribution in [1.29, 1.82) is 0 Å². The van der Waals surface area contributed by atoms with Crippen molar-refractivity contribution in [3.8, 4) is 0 Å². The van der Waals surface area contributed by atoms with E-state index in [9.17, 15) is 9.59 Å². The molecule has 0 bridgehead atoms. The highest BCUT2D eigenvalue weighted by Gasteiger charge is 2.08. The van der Waals surface area contributed by atoms with Gasteiger partial charge in [-0.15, -0.1) is 0 Å². The van der Waals surface area contributed by atoms with Crippen molar-refractivity contribution < 1.29 is 9.59 Å². The molecule has 2 aromatic rings. The summed E-state index contributed by atoms with van der Waals surface area (Å²) in [7, 11) is 0. The summed E-state index contributed by atoms with van der Waals surface area (Å²) in [6.07, 6.45) is 0.786. The summed E-state index contributed by atoms with van der Waals surface area (Å²) in [5.74, 6) is -0.0186. The Kier molecular flexibility index (Phi) is 2.34. The number of benzene rings is 2. The average molecular weight is 198 g/mol. The summed E-state index contributed by atoms with van der Waals surface area (Å²) >= 11 is 0. The van der Waals surface area contributed by atoms with Gasteiger partial charge >= 0.3 is 0 Å². The van der Waals surface area contributed by atoms with E-state index in [0.717, 1.165) is 17.1 Å². The van der Waals surface area contributed by atoms with Gasteiger partial charge in [0.05, 0.1) is 0 Å². The molecule has 0 unspecified atom stereocenters. The molecule has 2 nitrogen and oxygen atoms in total. The highest BCUT2D eigenvalue weighted by Crippen LogP contribution is 2.22. The van der Waals surface area contributed by atoms with Gasteiger partial charge in [-0.1, -0.05) is 36.4 Å². The van der Waals surface area contributed by atoms with Crippen molar-refractivity contribution in [3.05, 3.63) is 47.5 Å². The fraction of sp³-hybridized carbons (Fsp3) is 0.0769. The molecule has 74 valence electrons. The molecule has 0 aliphatic rings. The fourth-order valence-electron chi connectivity index (χ4n) is 1.76. The van der Waals surface area contributed by atoms with Crippen LogP contribution in [0.2, 0.25) is 0 Å². The van der Waals surface area contributed by atoms with E-state index >= 15 is 0 Å². The first-order valence-corrected chi connectivity index (χ1v) is 4.72. The number of fused-ring (bicyclic) bond motifs is 1. The molecule has 2 heteroatoms. The van der Waals surface area contributed by atoms with Crippen LogP contribution in [0.4, 0.5) is 0 Å². The summed E-state index contributed by atoms with van der Waals surface area (Å²) in [6, 6.07) is 10.9. The Bertz CT molecular complexity index is 536. The number of hydrogen-bond donors (Lipinski definition) is 0. The van der Waals surface area contributed by atoms with Gasteiger partial charge in [-0.3, -0.25) is 9.59 Å². The third kappa shape index (κ3) is 1.54. The number of ketones is 1. The summed E-state index contributed by atoms with van der Waals surface area (Å²) in [5.41, 5.74) is 1.17. The van der Waals surface area contributed by atoms with E-state index in [1.165, 1.54) is 6.92 Å². The van der Waals surface area contributed by atoms with Crippen molar-refractivity contribution in [1.82, 2.24) is 0 Å². The van der Waals surface area contributed by atoms with Crippen molar-refractivity contribution in [2.75, 3.05) is 0 Å². The van der Waals surface area contributed by atoms with E-state index < -0.39 is 0 Å². The second-order valence-corrected chi connectivity index (χ2v) is 3.42. The van der Waals surface area contributed by atoms with Gasteiger partial charge < -0.3 is 0 Å². The van der Waals surface area contributed by atoms with Gasteiger partial charge in [-0.2, -0.15) is 0 Å². The standard InChI is InChI=1S/C13H10O2/c1-9(15)12-7-3-5-10-4-2-6-11(8-14)13(10)12/h2-8H,1H3. The molecule has 0 radical (unpaired) electrons. The third-order valence-electron chi connectivity index (χ3n) is 2.44. The van der Waals surface area contributed by atoms with Crippen LogP contribution in [0.5, 0.6) is 0 Å². The second kappa shape index (κ2) is 3.65. The number of aldehydes is 1. The minimum atomic E-state index is -0.0186. The Morgan fingerprint density at radius 2 is 1.80 bits per heavy atom. The van der Waals surface area contributed by atoms with Gasteiger partial charge in [0.2, 0.25) is 0 Å². The third-order valence-corrected chi connectivity index (χ3v) is 2.44.